The zero-order chi connectivity index (χ0) is 13.5. The van der Waals surface area contributed by atoms with Crippen LogP contribution >= 0.6 is 0 Å². The van der Waals surface area contributed by atoms with Crippen LogP contribution in [0.25, 0.3) is 0 Å². The zero-order valence-corrected chi connectivity index (χ0v) is 11.8. The quantitative estimate of drug-likeness (QED) is 0.695. The highest BCUT2D eigenvalue weighted by Gasteiger charge is 2.20. The maximum absolute atomic E-state index is 12.3. The van der Waals surface area contributed by atoms with Crippen LogP contribution in [0.1, 0.15) is 29.8 Å². The van der Waals surface area contributed by atoms with E-state index in [0.29, 0.717) is 6.61 Å². The molecule has 0 amide bonds. The van der Waals surface area contributed by atoms with E-state index in [-0.39, 0.29) is 11.8 Å². The van der Waals surface area contributed by atoms with Crippen molar-refractivity contribution in [3.8, 4) is 0 Å². The van der Waals surface area contributed by atoms with Gasteiger partial charge in [0.25, 0.3) is 0 Å². The molecule has 0 N–H and O–H groups in total. The summed E-state index contributed by atoms with van der Waals surface area (Å²) < 4.78 is 5.07. The first-order chi connectivity index (χ1) is 8.60. The van der Waals surface area contributed by atoms with Crippen molar-refractivity contribution in [3.05, 3.63) is 35.4 Å². The molecular weight excluding hydrogens is 226 g/mol. The van der Waals surface area contributed by atoms with Crippen LogP contribution in [0, 0.1) is 6.92 Å². The van der Waals surface area contributed by atoms with Crippen LogP contribution in [0.15, 0.2) is 24.3 Å². The third-order valence-electron chi connectivity index (χ3n) is 3.25. The van der Waals surface area contributed by atoms with Crippen molar-refractivity contribution in [2.24, 2.45) is 0 Å². The van der Waals surface area contributed by atoms with E-state index in [1.165, 1.54) is 5.56 Å². The number of aryl methyl sites for hydroxylation is 1. The van der Waals surface area contributed by atoms with E-state index >= 15 is 0 Å². The van der Waals surface area contributed by atoms with Gasteiger partial charge in [0.05, 0.1) is 12.6 Å². The predicted octanol–water partition coefficient (Wildman–Crippen LogP) is 2.53. The monoisotopic (exact) mass is 249 g/mol. The molecule has 0 spiro atoms. The summed E-state index contributed by atoms with van der Waals surface area (Å²) in [5.74, 6) is 0.174. The second kappa shape index (κ2) is 7.29. The Morgan fingerprint density at radius 3 is 2.44 bits per heavy atom. The molecule has 1 aromatic rings. The van der Waals surface area contributed by atoms with E-state index in [2.05, 4.69) is 11.8 Å². The summed E-state index contributed by atoms with van der Waals surface area (Å²) in [6.45, 7) is 8.33. The van der Waals surface area contributed by atoms with Crippen LogP contribution in [0.5, 0.6) is 0 Å². The van der Waals surface area contributed by atoms with E-state index in [0.717, 1.165) is 18.7 Å². The number of carbonyl (C=O) groups excluding carboxylic acids is 1. The molecular formula is C15H23NO2. The van der Waals surface area contributed by atoms with E-state index in [4.69, 9.17) is 4.74 Å². The number of methoxy groups -OCH3 is 1. The molecule has 0 fully saturated rings. The van der Waals surface area contributed by atoms with Crippen molar-refractivity contribution >= 4 is 5.78 Å². The average Bonchev–Trinajstić information content (AvgIpc) is 2.39. The second-order valence-electron chi connectivity index (χ2n) is 4.53. The molecule has 0 aromatic heterocycles. The van der Waals surface area contributed by atoms with Crippen LogP contribution in [0.3, 0.4) is 0 Å². The Kier molecular flexibility index (Phi) is 6.02. The third-order valence-corrected chi connectivity index (χ3v) is 3.25. The molecule has 1 unspecified atom stereocenters. The highest BCUT2D eigenvalue weighted by atomic mass is 16.5. The molecule has 0 aliphatic rings. The Hall–Kier alpha value is -1.19. The smallest absolute Gasteiger partial charge is 0.179 e. The molecule has 3 nitrogen and oxygen atoms in total. The van der Waals surface area contributed by atoms with Gasteiger partial charge in [0, 0.05) is 19.2 Å². The topological polar surface area (TPSA) is 29.5 Å². The number of carbonyl (C=O) groups is 1. The van der Waals surface area contributed by atoms with E-state index in [1.807, 2.05) is 38.1 Å². The van der Waals surface area contributed by atoms with Gasteiger partial charge in [0.15, 0.2) is 5.78 Å². The molecule has 0 aliphatic heterocycles. The molecule has 3 heteroatoms. The van der Waals surface area contributed by atoms with Crippen molar-refractivity contribution in [2.45, 2.75) is 26.8 Å². The fraction of sp³-hybridized carbons (Fsp3) is 0.533. The molecule has 18 heavy (non-hydrogen) atoms. The molecule has 0 heterocycles. The molecule has 0 saturated carbocycles. The zero-order valence-electron chi connectivity index (χ0n) is 11.8. The van der Waals surface area contributed by atoms with Crippen molar-refractivity contribution in [1.82, 2.24) is 4.90 Å². The van der Waals surface area contributed by atoms with Gasteiger partial charge in [-0.3, -0.25) is 9.69 Å². The standard InChI is InChI=1S/C15H23NO2/c1-5-16(10-11-18-4)13(3)15(17)14-8-6-12(2)7-9-14/h6-9,13H,5,10-11H2,1-4H3. The van der Waals surface area contributed by atoms with E-state index in [1.54, 1.807) is 7.11 Å². The number of nitrogens with zero attached hydrogens (tertiary/aromatic N) is 1. The van der Waals surface area contributed by atoms with E-state index < -0.39 is 0 Å². The van der Waals surface area contributed by atoms with Crippen LogP contribution in [0.2, 0.25) is 0 Å². The maximum Gasteiger partial charge on any atom is 0.179 e. The van der Waals surface area contributed by atoms with Crippen LogP contribution in [-0.2, 0) is 4.74 Å². The normalized spacial score (nSPS) is 12.7. The lowest BCUT2D eigenvalue weighted by molar-refractivity contribution is 0.0788. The van der Waals surface area contributed by atoms with E-state index in [9.17, 15) is 4.79 Å². The van der Waals surface area contributed by atoms with Gasteiger partial charge in [-0.05, 0) is 20.4 Å². The highest BCUT2D eigenvalue weighted by Crippen LogP contribution is 2.10. The molecule has 1 aromatic carbocycles. The number of ketones is 1. The molecule has 0 saturated heterocycles. The summed E-state index contributed by atoms with van der Waals surface area (Å²) in [5.41, 5.74) is 1.95. The number of Topliss-reactive ketones (excluding diaryl/α,β-unsaturated/α-hetero) is 1. The summed E-state index contributed by atoms with van der Waals surface area (Å²) in [6, 6.07) is 7.65. The Labute approximate surface area is 110 Å². The largest absolute Gasteiger partial charge is 0.383 e. The van der Waals surface area contributed by atoms with Crippen LogP contribution in [0.4, 0.5) is 0 Å². The minimum atomic E-state index is -0.104. The molecule has 100 valence electrons. The van der Waals surface area contributed by atoms with Crippen LogP contribution < -0.4 is 0 Å². The Morgan fingerprint density at radius 2 is 1.94 bits per heavy atom. The molecule has 1 rings (SSSR count). The summed E-state index contributed by atoms with van der Waals surface area (Å²) in [6.07, 6.45) is 0. The fourth-order valence-electron chi connectivity index (χ4n) is 1.96. The Bertz CT molecular complexity index is 373. The summed E-state index contributed by atoms with van der Waals surface area (Å²) >= 11 is 0. The van der Waals surface area contributed by atoms with Gasteiger partial charge < -0.3 is 4.74 Å². The minimum Gasteiger partial charge on any atom is -0.383 e. The van der Waals surface area contributed by atoms with Gasteiger partial charge >= 0.3 is 0 Å². The summed E-state index contributed by atoms with van der Waals surface area (Å²) in [7, 11) is 1.68. The van der Waals surface area contributed by atoms with Crippen molar-refractivity contribution in [1.29, 1.82) is 0 Å². The molecule has 0 bridgehead atoms. The van der Waals surface area contributed by atoms with Gasteiger partial charge in [0.1, 0.15) is 0 Å². The number of ether oxygens (including phenoxy) is 1. The third kappa shape index (κ3) is 3.93. The average molecular weight is 249 g/mol. The van der Waals surface area contributed by atoms with Gasteiger partial charge in [0.2, 0.25) is 0 Å². The summed E-state index contributed by atoms with van der Waals surface area (Å²) in [4.78, 5) is 14.5. The fourth-order valence-corrected chi connectivity index (χ4v) is 1.96. The number of hydrogen-bond acceptors (Lipinski definition) is 3. The number of benzene rings is 1. The van der Waals surface area contributed by atoms with Gasteiger partial charge in [-0.15, -0.1) is 0 Å². The highest BCUT2D eigenvalue weighted by molar-refractivity contribution is 5.99. The first-order valence-corrected chi connectivity index (χ1v) is 6.44. The lowest BCUT2D eigenvalue weighted by Gasteiger charge is -2.26. The van der Waals surface area contributed by atoms with Crippen molar-refractivity contribution < 1.29 is 9.53 Å². The number of hydrogen-bond donors (Lipinski definition) is 0. The molecule has 0 radical (unpaired) electrons. The summed E-state index contributed by atoms with van der Waals surface area (Å²) in [5, 5.41) is 0. The first kappa shape index (κ1) is 14.9. The van der Waals surface area contributed by atoms with Crippen molar-refractivity contribution in [2.75, 3.05) is 26.8 Å². The Balaban J connectivity index is 2.72. The minimum absolute atomic E-state index is 0.104. The molecule has 0 aliphatic carbocycles. The van der Waals surface area contributed by atoms with Crippen LogP contribution in [-0.4, -0.2) is 43.5 Å². The lowest BCUT2D eigenvalue weighted by Crippen LogP contribution is -2.40. The Morgan fingerprint density at radius 1 is 1.33 bits per heavy atom. The van der Waals surface area contributed by atoms with Crippen molar-refractivity contribution in [3.63, 3.8) is 0 Å². The predicted molar refractivity (Wildman–Crippen MR) is 74.1 cm³/mol. The lowest BCUT2D eigenvalue weighted by atomic mass is 10.0. The number of rotatable bonds is 7. The SMILES string of the molecule is CCN(CCOC)C(C)C(=O)c1ccc(C)cc1. The number of likely N-dealkylation sites (N-methyl/N-ethyl adjacent to an activating group) is 1. The first-order valence-electron chi connectivity index (χ1n) is 6.44. The van der Waals surface area contributed by atoms with Gasteiger partial charge in [-0.1, -0.05) is 36.8 Å². The van der Waals surface area contributed by atoms with Gasteiger partial charge in [-0.25, -0.2) is 0 Å². The molecule has 1 atom stereocenters. The van der Waals surface area contributed by atoms with Gasteiger partial charge in [-0.2, -0.15) is 0 Å². The maximum atomic E-state index is 12.3. The second-order valence-corrected chi connectivity index (χ2v) is 4.53.